The second-order valence-corrected chi connectivity index (χ2v) is 8.63. The number of hydrazone groups is 1. The second-order valence-electron chi connectivity index (χ2n) is 6.23. The maximum absolute atomic E-state index is 12.7. The summed E-state index contributed by atoms with van der Waals surface area (Å²) in [4.78, 5) is 21.7. The average molecular weight is 538 g/mol. The molecule has 0 aliphatic carbocycles. The smallest absolute Gasteiger partial charge is 0.339 e. The SMILES string of the molecule is CCOc1cc(/C=N\NC(=O)c2ccco2)cc(Br)c1OS(=O)(=O)c1ccc([N+](=O)[O-])cc1. The number of benzene rings is 2. The summed E-state index contributed by atoms with van der Waals surface area (Å²) in [5.41, 5.74) is 2.50. The maximum Gasteiger partial charge on any atom is 0.339 e. The third kappa shape index (κ3) is 5.96. The lowest BCUT2D eigenvalue weighted by molar-refractivity contribution is -0.384. The minimum atomic E-state index is -4.32. The maximum atomic E-state index is 12.7. The number of nitrogens with zero attached hydrogens (tertiary/aromatic N) is 2. The van der Waals surface area contributed by atoms with Crippen molar-refractivity contribution >= 4 is 43.9 Å². The van der Waals surface area contributed by atoms with Crippen LogP contribution in [-0.4, -0.2) is 32.1 Å². The molecular weight excluding hydrogens is 522 g/mol. The summed E-state index contributed by atoms with van der Waals surface area (Å²) in [5, 5.41) is 14.6. The Balaban J connectivity index is 1.83. The van der Waals surface area contributed by atoms with E-state index in [1.165, 1.54) is 30.7 Å². The molecule has 0 fully saturated rings. The molecule has 1 N–H and O–H groups in total. The minimum absolute atomic E-state index is 0.0866. The van der Waals surface area contributed by atoms with E-state index in [1.807, 2.05) is 0 Å². The van der Waals surface area contributed by atoms with Crippen molar-refractivity contribution in [3.05, 3.63) is 80.7 Å². The van der Waals surface area contributed by atoms with E-state index < -0.39 is 20.9 Å². The van der Waals surface area contributed by atoms with Crippen molar-refractivity contribution in [2.75, 3.05) is 6.61 Å². The van der Waals surface area contributed by atoms with Crippen molar-refractivity contribution in [1.29, 1.82) is 0 Å². The third-order valence-corrected chi connectivity index (χ3v) is 5.81. The monoisotopic (exact) mass is 537 g/mol. The summed E-state index contributed by atoms with van der Waals surface area (Å²) < 4.78 is 41.3. The lowest BCUT2D eigenvalue weighted by Crippen LogP contribution is -2.16. The highest BCUT2D eigenvalue weighted by Gasteiger charge is 2.23. The van der Waals surface area contributed by atoms with Gasteiger partial charge in [0.15, 0.2) is 17.3 Å². The Labute approximate surface area is 196 Å². The first-order valence-corrected chi connectivity index (χ1v) is 11.4. The Bertz CT molecular complexity index is 1290. The number of carbonyl (C=O) groups is 1. The summed E-state index contributed by atoms with van der Waals surface area (Å²) in [6.07, 6.45) is 2.68. The van der Waals surface area contributed by atoms with Crippen LogP contribution in [0.5, 0.6) is 11.5 Å². The molecule has 0 aliphatic heterocycles. The molecule has 0 spiro atoms. The van der Waals surface area contributed by atoms with Gasteiger partial charge in [0.2, 0.25) is 0 Å². The molecule has 33 heavy (non-hydrogen) atoms. The molecule has 0 unspecified atom stereocenters. The molecular formula is C20H16BrN3O8S. The Morgan fingerprint density at radius 3 is 2.61 bits per heavy atom. The molecule has 3 aromatic rings. The van der Waals surface area contributed by atoms with E-state index >= 15 is 0 Å². The highest BCUT2D eigenvalue weighted by Crippen LogP contribution is 2.38. The minimum Gasteiger partial charge on any atom is -0.490 e. The van der Waals surface area contributed by atoms with Gasteiger partial charge in [-0.05, 0) is 64.8 Å². The predicted molar refractivity (Wildman–Crippen MR) is 120 cm³/mol. The number of amides is 1. The molecule has 2 aromatic carbocycles. The van der Waals surface area contributed by atoms with Crippen molar-refractivity contribution < 1.29 is 31.5 Å². The van der Waals surface area contributed by atoms with Crippen LogP contribution in [0.3, 0.4) is 0 Å². The zero-order chi connectivity index (χ0) is 24.0. The Morgan fingerprint density at radius 2 is 2.00 bits per heavy atom. The van der Waals surface area contributed by atoms with Crippen LogP contribution in [0.15, 0.2) is 73.7 Å². The summed E-state index contributed by atoms with van der Waals surface area (Å²) in [6.45, 7) is 1.91. The van der Waals surface area contributed by atoms with Crippen molar-refractivity contribution in [3.8, 4) is 11.5 Å². The summed E-state index contributed by atoms with van der Waals surface area (Å²) in [6, 6.07) is 10.3. The van der Waals surface area contributed by atoms with Crippen LogP contribution in [-0.2, 0) is 10.1 Å². The molecule has 1 amide bonds. The van der Waals surface area contributed by atoms with E-state index in [2.05, 4.69) is 26.5 Å². The van der Waals surface area contributed by atoms with Gasteiger partial charge in [0.1, 0.15) is 4.90 Å². The zero-order valence-electron chi connectivity index (χ0n) is 16.9. The van der Waals surface area contributed by atoms with Crippen molar-refractivity contribution in [3.63, 3.8) is 0 Å². The fourth-order valence-corrected chi connectivity index (χ4v) is 4.13. The normalized spacial score (nSPS) is 11.3. The number of nitro benzene ring substituents is 1. The number of rotatable bonds is 9. The molecule has 13 heteroatoms. The first-order chi connectivity index (χ1) is 15.7. The molecule has 11 nitrogen and oxygen atoms in total. The molecule has 1 aromatic heterocycles. The van der Waals surface area contributed by atoms with Gasteiger partial charge in [-0.3, -0.25) is 14.9 Å². The van der Waals surface area contributed by atoms with Gasteiger partial charge in [-0.25, -0.2) is 5.43 Å². The van der Waals surface area contributed by atoms with Crippen LogP contribution in [0.4, 0.5) is 5.69 Å². The number of nitro groups is 1. The molecule has 0 saturated carbocycles. The molecule has 0 bridgehead atoms. The highest BCUT2D eigenvalue weighted by atomic mass is 79.9. The van der Waals surface area contributed by atoms with Crippen LogP contribution in [0, 0.1) is 10.1 Å². The molecule has 0 saturated heterocycles. The van der Waals surface area contributed by atoms with Crippen LogP contribution in [0.2, 0.25) is 0 Å². The van der Waals surface area contributed by atoms with Crippen LogP contribution in [0.1, 0.15) is 23.0 Å². The number of ether oxygens (including phenoxy) is 1. The summed E-state index contributed by atoms with van der Waals surface area (Å²) in [7, 11) is -4.32. The Hall–Kier alpha value is -3.71. The largest absolute Gasteiger partial charge is 0.490 e. The lowest BCUT2D eigenvalue weighted by Gasteiger charge is -2.14. The molecule has 0 radical (unpaired) electrons. The first-order valence-electron chi connectivity index (χ1n) is 9.23. The second kappa shape index (κ2) is 10.3. The molecule has 1 heterocycles. The van der Waals surface area contributed by atoms with Crippen molar-refractivity contribution in [2.24, 2.45) is 5.10 Å². The first kappa shape index (κ1) is 23.9. The molecule has 172 valence electrons. The van der Waals surface area contributed by atoms with Gasteiger partial charge in [-0.2, -0.15) is 13.5 Å². The molecule has 3 rings (SSSR count). The standard InChI is InChI=1S/C20H16BrN3O8S/c1-2-30-18-11-13(12-22-23-20(25)17-4-3-9-31-17)10-16(21)19(18)32-33(28,29)15-7-5-14(6-8-15)24(26)27/h3-12H,2H2,1H3,(H,23,25)/b22-12-. The number of halogens is 1. The van der Waals surface area contributed by atoms with Crippen molar-refractivity contribution in [1.82, 2.24) is 5.43 Å². The number of non-ortho nitro benzene ring substituents is 1. The third-order valence-electron chi connectivity index (χ3n) is 3.99. The fourth-order valence-electron chi connectivity index (χ4n) is 2.53. The van der Waals surface area contributed by atoms with E-state index in [0.29, 0.717) is 5.56 Å². The van der Waals surface area contributed by atoms with Crippen LogP contribution >= 0.6 is 15.9 Å². The number of carbonyl (C=O) groups excluding carboxylic acids is 1. The zero-order valence-corrected chi connectivity index (χ0v) is 19.3. The summed E-state index contributed by atoms with van der Waals surface area (Å²) in [5.74, 6) is -0.485. The molecule has 0 aliphatic rings. The van der Waals surface area contributed by atoms with Gasteiger partial charge in [-0.15, -0.1) is 0 Å². The van der Waals surface area contributed by atoms with E-state index in [9.17, 15) is 23.3 Å². The quantitative estimate of drug-likeness (QED) is 0.187. The van der Waals surface area contributed by atoms with E-state index in [1.54, 1.807) is 13.0 Å². The average Bonchev–Trinajstić information content (AvgIpc) is 3.31. The predicted octanol–water partition coefficient (Wildman–Crippen LogP) is 3.88. The van der Waals surface area contributed by atoms with Gasteiger partial charge in [0.25, 0.3) is 5.69 Å². The number of nitrogens with one attached hydrogen (secondary N) is 1. The van der Waals surface area contributed by atoms with E-state index in [0.717, 1.165) is 24.3 Å². The number of furan rings is 1. The highest BCUT2D eigenvalue weighted by molar-refractivity contribution is 9.10. The van der Waals surface area contributed by atoms with Crippen molar-refractivity contribution in [2.45, 2.75) is 11.8 Å². The molecule has 0 atom stereocenters. The summed E-state index contributed by atoms with van der Waals surface area (Å²) >= 11 is 3.25. The number of hydrogen-bond donors (Lipinski definition) is 1. The Kier molecular flexibility index (Phi) is 7.45. The topological polar surface area (TPSA) is 150 Å². The van der Waals surface area contributed by atoms with Gasteiger partial charge >= 0.3 is 16.0 Å². The van der Waals surface area contributed by atoms with Crippen LogP contribution < -0.4 is 14.3 Å². The van der Waals surface area contributed by atoms with E-state index in [-0.39, 0.29) is 38.9 Å². The number of hydrogen-bond acceptors (Lipinski definition) is 9. The van der Waals surface area contributed by atoms with E-state index in [4.69, 9.17) is 13.3 Å². The van der Waals surface area contributed by atoms with Gasteiger partial charge in [0, 0.05) is 12.1 Å². The van der Waals surface area contributed by atoms with Gasteiger partial charge in [-0.1, -0.05) is 0 Å². The van der Waals surface area contributed by atoms with Crippen LogP contribution in [0.25, 0.3) is 0 Å². The van der Waals surface area contributed by atoms with Gasteiger partial charge < -0.3 is 13.3 Å². The van der Waals surface area contributed by atoms with Gasteiger partial charge in [0.05, 0.1) is 28.5 Å². The Morgan fingerprint density at radius 1 is 1.27 bits per heavy atom. The fraction of sp³-hybridized carbons (Fsp3) is 0.100. The lowest BCUT2D eigenvalue weighted by atomic mass is 10.2.